The third-order valence-electron chi connectivity index (χ3n) is 3.41. The molecular formula is C16H15F2N5. The molecule has 0 radical (unpaired) electrons. The second-order valence-corrected chi connectivity index (χ2v) is 5.28. The lowest BCUT2D eigenvalue weighted by atomic mass is 10.2. The van der Waals surface area contributed by atoms with Crippen LogP contribution in [0.1, 0.15) is 5.56 Å². The average molecular weight is 315 g/mol. The molecule has 1 N–H and O–H groups in total. The van der Waals surface area contributed by atoms with Gasteiger partial charge in [0.2, 0.25) is 0 Å². The fourth-order valence-electron chi connectivity index (χ4n) is 2.19. The first kappa shape index (κ1) is 15.1. The molecule has 0 spiro atoms. The molecule has 3 aromatic rings. The maximum Gasteiger partial charge on any atom is 0.161 e. The maximum atomic E-state index is 13.5. The van der Waals surface area contributed by atoms with E-state index in [9.17, 15) is 8.78 Å². The Labute approximate surface area is 132 Å². The average Bonchev–Trinajstić information content (AvgIpc) is 2.54. The fourth-order valence-corrected chi connectivity index (χ4v) is 2.19. The molecule has 2 heterocycles. The maximum absolute atomic E-state index is 13.5. The highest BCUT2D eigenvalue weighted by Crippen LogP contribution is 2.22. The minimum atomic E-state index is -0.924. The van der Waals surface area contributed by atoms with E-state index in [-0.39, 0.29) is 0 Å². The normalized spacial score (nSPS) is 10.8. The zero-order valence-electron chi connectivity index (χ0n) is 12.7. The molecule has 0 aliphatic heterocycles. The number of fused-ring (bicyclic) bond motifs is 1. The first-order chi connectivity index (χ1) is 11.0. The molecule has 1 aromatic carbocycles. The second-order valence-electron chi connectivity index (χ2n) is 5.28. The summed E-state index contributed by atoms with van der Waals surface area (Å²) in [6.45, 7) is 0.481. The summed E-state index contributed by atoms with van der Waals surface area (Å²) in [5.41, 5.74) is 1.35. The van der Waals surface area contributed by atoms with Crippen molar-refractivity contribution in [2.45, 2.75) is 6.54 Å². The van der Waals surface area contributed by atoms with Gasteiger partial charge in [-0.1, -0.05) is 0 Å². The molecule has 0 aliphatic carbocycles. The van der Waals surface area contributed by atoms with E-state index in [0.717, 1.165) is 23.5 Å². The van der Waals surface area contributed by atoms with Crippen LogP contribution in [0.15, 0.2) is 36.8 Å². The van der Waals surface area contributed by atoms with Gasteiger partial charge in [0.15, 0.2) is 11.6 Å². The Hall–Kier alpha value is -2.83. The molecule has 0 aliphatic rings. The van der Waals surface area contributed by atoms with Crippen molar-refractivity contribution in [1.82, 2.24) is 15.0 Å². The van der Waals surface area contributed by atoms with Gasteiger partial charge in [-0.3, -0.25) is 0 Å². The summed E-state index contributed by atoms with van der Waals surface area (Å²) < 4.78 is 26.7. The predicted octanol–water partition coefficient (Wildman–Crippen LogP) is 2.98. The molecule has 2 aromatic heterocycles. The van der Waals surface area contributed by atoms with Crippen LogP contribution in [0.25, 0.3) is 10.9 Å². The van der Waals surface area contributed by atoms with Crippen LogP contribution in [-0.2, 0) is 6.54 Å². The highest BCUT2D eigenvalue weighted by molar-refractivity contribution is 5.88. The van der Waals surface area contributed by atoms with E-state index < -0.39 is 11.6 Å². The Morgan fingerprint density at radius 3 is 2.61 bits per heavy atom. The fraction of sp³-hybridized carbons (Fsp3) is 0.188. The summed E-state index contributed by atoms with van der Waals surface area (Å²) >= 11 is 0. The molecule has 0 atom stereocenters. The van der Waals surface area contributed by atoms with Gasteiger partial charge >= 0.3 is 0 Å². The van der Waals surface area contributed by atoms with Crippen LogP contribution in [0.3, 0.4) is 0 Å². The molecule has 0 bridgehead atoms. The first-order valence-electron chi connectivity index (χ1n) is 7.00. The number of rotatable bonds is 4. The van der Waals surface area contributed by atoms with Crippen LogP contribution in [0, 0.1) is 11.6 Å². The van der Waals surface area contributed by atoms with Gasteiger partial charge < -0.3 is 10.2 Å². The minimum Gasteiger partial charge on any atom is -0.365 e. The zero-order chi connectivity index (χ0) is 16.4. The van der Waals surface area contributed by atoms with Crippen molar-refractivity contribution >= 4 is 22.5 Å². The summed E-state index contributed by atoms with van der Waals surface area (Å²) in [5, 5.41) is 3.57. The van der Waals surface area contributed by atoms with E-state index in [1.807, 2.05) is 31.1 Å². The number of anilines is 2. The standard InChI is InChI=1S/C16H15F2N5/c1-23(2)15-5-10(3-4-19-15)8-20-16-11-6-12(17)13(18)7-14(11)21-9-22-16/h3-7,9H,8H2,1-2H3,(H,20,21,22). The van der Waals surface area contributed by atoms with Gasteiger partial charge in [0.25, 0.3) is 0 Å². The summed E-state index contributed by atoms with van der Waals surface area (Å²) in [7, 11) is 3.82. The Kier molecular flexibility index (Phi) is 4.01. The van der Waals surface area contributed by atoms with Crippen molar-refractivity contribution in [3.8, 4) is 0 Å². The van der Waals surface area contributed by atoms with Crippen molar-refractivity contribution in [3.63, 3.8) is 0 Å². The molecule has 3 rings (SSSR count). The minimum absolute atomic E-state index is 0.352. The van der Waals surface area contributed by atoms with E-state index in [4.69, 9.17) is 0 Å². The van der Waals surface area contributed by atoms with Crippen LogP contribution in [-0.4, -0.2) is 29.0 Å². The Balaban J connectivity index is 1.87. The van der Waals surface area contributed by atoms with Crippen LogP contribution >= 0.6 is 0 Å². The number of halogens is 2. The zero-order valence-corrected chi connectivity index (χ0v) is 12.7. The van der Waals surface area contributed by atoms with Gasteiger partial charge in [0.1, 0.15) is 18.0 Å². The van der Waals surface area contributed by atoms with E-state index in [2.05, 4.69) is 20.3 Å². The molecule has 118 valence electrons. The topological polar surface area (TPSA) is 53.9 Å². The molecule has 23 heavy (non-hydrogen) atoms. The predicted molar refractivity (Wildman–Crippen MR) is 85.3 cm³/mol. The number of pyridine rings is 1. The lowest BCUT2D eigenvalue weighted by Crippen LogP contribution is -2.11. The Bertz CT molecular complexity index is 851. The van der Waals surface area contributed by atoms with Crippen LogP contribution in [0.2, 0.25) is 0 Å². The van der Waals surface area contributed by atoms with Crippen molar-refractivity contribution < 1.29 is 8.78 Å². The van der Waals surface area contributed by atoms with Crippen molar-refractivity contribution in [1.29, 1.82) is 0 Å². The third kappa shape index (κ3) is 3.18. The number of nitrogens with one attached hydrogen (secondary N) is 1. The number of hydrogen-bond donors (Lipinski definition) is 1. The Morgan fingerprint density at radius 1 is 1.04 bits per heavy atom. The lowest BCUT2D eigenvalue weighted by molar-refractivity contribution is 0.510. The van der Waals surface area contributed by atoms with Crippen molar-refractivity contribution in [3.05, 3.63) is 54.0 Å². The van der Waals surface area contributed by atoms with Crippen molar-refractivity contribution in [2.75, 3.05) is 24.3 Å². The van der Waals surface area contributed by atoms with Crippen LogP contribution in [0.4, 0.5) is 20.4 Å². The quantitative estimate of drug-likeness (QED) is 0.802. The lowest BCUT2D eigenvalue weighted by Gasteiger charge is -2.13. The number of benzene rings is 1. The highest BCUT2D eigenvalue weighted by atomic mass is 19.2. The van der Waals surface area contributed by atoms with E-state index in [0.29, 0.717) is 23.3 Å². The first-order valence-corrected chi connectivity index (χ1v) is 7.00. The van der Waals surface area contributed by atoms with Gasteiger partial charge in [0.05, 0.1) is 5.52 Å². The number of nitrogens with zero attached hydrogens (tertiary/aromatic N) is 4. The smallest absolute Gasteiger partial charge is 0.161 e. The molecule has 5 nitrogen and oxygen atoms in total. The SMILES string of the molecule is CN(C)c1cc(CNc2ncnc3cc(F)c(F)cc23)ccn1. The van der Waals surface area contributed by atoms with Gasteiger partial charge in [-0.05, 0) is 23.8 Å². The van der Waals surface area contributed by atoms with Gasteiger partial charge in [-0.15, -0.1) is 0 Å². The second kappa shape index (κ2) is 6.12. The summed E-state index contributed by atoms with van der Waals surface area (Å²) in [6.07, 6.45) is 3.04. The highest BCUT2D eigenvalue weighted by Gasteiger charge is 2.09. The van der Waals surface area contributed by atoms with Crippen LogP contribution < -0.4 is 10.2 Å². The monoisotopic (exact) mass is 315 g/mol. The van der Waals surface area contributed by atoms with Gasteiger partial charge in [-0.2, -0.15) is 0 Å². The molecule has 0 amide bonds. The third-order valence-corrected chi connectivity index (χ3v) is 3.41. The molecule has 0 fully saturated rings. The number of aromatic nitrogens is 3. The molecular weight excluding hydrogens is 300 g/mol. The van der Waals surface area contributed by atoms with E-state index in [1.165, 1.54) is 6.33 Å². The summed E-state index contributed by atoms with van der Waals surface area (Å²) in [4.78, 5) is 14.2. The summed E-state index contributed by atoms with van der Waals surface area (Å²) in [5.74, 6) is -0.553. The van der Waals surface area contributed by atoms with E-state index >= 15 is 0 Å². The molecule has 7 heteroatoms. The van der Waals surface area contributed by atoms with Gasteiger partial charge in [-0.25, -0.2) is 23.7 Å². The van der Waals surface area contributed by atoms with Crippen molar-refractivity contribution in [2.24, 2.45) is 0 Å². The number of hydrogen-bond acceptors (Lipinski definition) is 5. The summed E-state index contributed by atoms with van der Waals surface area (Å²) in [6, 6.07) is 5.99. The molecule has 0 unspecified atom stereocenters. The largest absolute Gasteiger partial charge is 0.365 e. The molecule has 0 saturated carbocycles. The van der Waals surface area contributed by atoms with Crippen LogP contribution in [0.5, 0.6) is 0 Å². The Morgan fingerprint density at radius 2 is 1.83 bits per heavy atom. The van der Waals surface area contributed by atoms with E-state index in [1.54, 1.807) is 6.20 Å². The van der Waals surface area contributed by atoms with Gasteiger partial charge in [0, 0.05) is 38.3 Å². The molecule has 0 saturated heterocycles.